The minimum absolute atomic E-state index is 0.213. The van der Waals surface area contributed by atoms with Gasteiger partial charge in [0.2, 0.25) is 17.7 Å². The molecule has 3 amide bonds. The SMILES string of the molecule is CSCCC(N)C(=O)NC(CO)C(=O)NC(CCSC)C(=O)NC(CCCCN)C(=O)O. The number of amides is 3. The number of aliphatic carboxylic acids is 1. The van der Waals surface area contributed by atoms with Gasteiger partial charge in [-0.15, -0.1) is 0 Å². The summed E-state index contributed by atoms with van der Waals surface area (Å²) in [5.41, 5.74) is 11.2. The molecule has 32 heavy (non-hydrogen) atoms. The number of nitrogens with one attached hydrogen (secondary N) is 3. The summed E-state index contributed by atoms with van der Waals surface area (Å²) < 4.78 is 0. The van der Waals surface area contributed by atoms with Crippen molar-refractivity contribution >= 4 is 47.2 Å². The number of nitrogens with two attached hydrogens (primary N) is 2. The monoisotopic (exact) mass is 495 g/mol. The molecule has 4 unspecified atom stereocenters. The number of hydrogen-bond acceptors (Lipinski definition) is 9. The van der Waals surface area contributed by atoms with Gasteiger partial charge in [-0.25, -0.2) is 4.79 Å². The molecule has 0 aromatic carbocycles. The molecule has 0 heterocycles. The van der Waals surface area contributed by atoms with E-state index >= 15 is 0 Å². The normalized spacial score (nSPS) is 14.7. The summed E-state index contributed by atoms with van der Waals surface area (Å²) in [4.78, 5) is 48.9. The van der Waals surface area contributed by atoms with Crippen LogP contribution in [-0.2, 0) is 19.2 Å². The van der Waals surface area contributed by atoms with Gasteiger partial charge in [0.1, 0.15) is 18.1 Å². The van der Waals surface area contributed by atoms with Crippen LogP contribution in [0.4, 0.5) is 0 Å². The highest BCUT2D eigenvalue weighted by atomic mass is 32.2. The van der Waals surface area contributed by atoms with Crippen LogP contribution in [0.25, 0.3) is 0 Å². The average Bonchev–Trinajstić information content (AvgIpc) is 2.77. The molecule has 0 aliphatic carbocycles. The van der Waals surface area contributed by atoms with Crippen LogP contribution in [0.15, 0.2) is 0 Å². The standard InChI is InChI=1S/C19H37N5O6S2/c1-31-9-6-12(21)16(26)24-15(11-25)18(28)22-13(7-10-32-2)17(27)23-14(19(29)30)5-3-4-8-20/h12-15,25H,3-11,20-21H2,1-2H3,(H,22,28)(H,23,27)(H,24,26)(H,29,30). The fraction of sp³-hybridized carbons (Fsp3) is 0.789. The smallest absolute Gasteiger partial charge is 0.326 e. The first kappa shape index (κ1) is 30.5. The number of carbonyl (C=O) groups is 4. The molecule has 13 heteroatoms. The molecule has 0 radical (unpaired) electrons. The Hall–Kier alpha value is -1.54. The van der Waals surface area contributed by atoms with Gasteiger partial charge in [-0.3, -0.25) is 14.4 Å². The summed E-state index contributed by atoms with van der Waals surface area (Å²) in [7, 11) is 0. The van der Waals surface area contributed by atoms with Crippen molar-refractivity contribution in [3.8, 4) is 0 Å². The molecule has 186 valence electrons. The van der Waals surface area contributed by atoms with Gasteiger partial charge in [0, 0.05) is 0 Å². The van der Waals surface area contributed by atoms with Crippen LogP contribution >= 0.6 is 23.5 Å². The van der Waals surface area contributed by atoms with Gasteiger partial charge in [-0.05, 0) is 62.7 Å². The van der Waals surface area contributed by atoms with E-state index in [1.807, 2.05) is 12.5 Å². The highest BCUT2D eigenvalue weighted by Gasteiger charge is 2.29. The molecule has 0 fully saturated rings. The van der Waals surface area contributed by atoms with Crippen LogP contribution in [0.5, 0.6) is 0 Å². The van der Waals surface area contributed by atoms with Gasteiger partial charge < -0.3 is 37.6 Å². The summed E-state index contributed by atoms with van der Waals surface area (Å²) >= 11 is 2.98. The third kappa shape index (κ3) is 12.5. The Balaban J connectivity index is 5.12. The molecule has 9 N–H and O–H groups in total. The number of carboxylic acid groups (broad SMARTS) is 1. The van der Waals surface area contributed by atoms with E-state index in [-0.39, 0.29) is 12.8 Å². The number of carbonyl (C=O) groups excluding carboxylic acids is 3. The third-order valence-corrected chi connectivity index (χ3v) is 5.88. The molecular formula is C19H37N5O6S2. The molecule has 0 aliphatic heterocycles. The predicted octanol–water partition coefficient (Wildman–Crippen LogP) is -1.52. The summed E-state index contributed by atoms with van der Waals surface area (Å²) in [5, 5.41) is 26.3. The van der Waals surface area contributed by atoms with Crippen molar-refractivity contribution in [2.75, 3.05) is 37.2 Å². The van der Waals surface area contributed by atoms with E-state index in [0.29, 0.717) is 37.3 Å². The summed E-state index contributed by atoms with van der Waals surface area (Å²) in [6, 6.07) is -4.25. The Morgan fingerprint density at radius 1 is 0.812 bits per heavy atom. The molecule has 0 aromatic heterocycles. The maximum atomic E-state index is 12.7. The quantitative estimate of drug-likeness (QED) is 0.110. The minimum Gasteiger partial charge on any atom is -0.480 e. The van der Waals surface area contributed by atoms with E-state index in [4.69, 9.17) is 11.5 Å². The Bertz CT molecular complexity index is 599. The minimum atomic E-state index is -1.28. The Morgan fingerprint density at radius 3 is 1.88 bits per heavy atom. The number of carboxylic acids is 1. The lowest BCUT2D eigenvalue weighted by molar-refractivity contribution is -0.142. The van der Waals surface area contributed by atoms with Gasteiger partial charge in [0.05, 0.1) is 12.6 Å². The zero-order valence-corrected chi connectivity index (χ0v) is 20.3. The fourth-order valence-corrected chi connectivity index (χ4v) is 3.61. The van der Waals surface area contributed by atoms with Gasteiger partial charge >= 0.3 is 5.97 Å². The van der Waals surface area contributed by atoms with Crippen molar-refractivity contribution in [2.45, 2.75) is 56.3 Å². The maximum absolute atomic E-state index is 12.7. The largest absolute Gasteiger partial charge is 0.480 e. The third-order valence-electron chi connectivity index (χ3n) is 4.59. The molecule has 0 aromatic rings. The van der Waals surface area contributed by atoms with Crippen molar-refractivity contribution in [1.29, 1.82) is 0 Å². The van der Waals surface area contributed by atoms with E-state index in [9.17, 15) is 29.4 Å². The first-order valence-electron chi connectivity index (χ1n) is 10.4. The number of aliphatic hydroxyl groups excluding tert-OH is 1. The van der Waals surface area contributed by atoms with Crippen LogP contribution in [0.3, 0.4) is 0 Å². The molecular weight excluding hydrogens is 458 g/mol. The summed E-state index contributed by atoms with van der Waals surface area (Å²) in [6.45, 7) is -0.261. The maximum Gasteiger partial charge on any atom is 0.326 e. The van der Waals surface area contributed by atoms with Crippen molar-refractivity contribution in [3.05, 3.63) is 0 Å². The van der Waals surface area contributed by atoms with Crippen LogP contribution in [0, 0.1) is 0 Å². The van der Waals surface area contributed by atoms with Crippen molar-refractivity contribution in [2.24, 2.45) is 11.5 Å². The molecule has 11 nitrogen and oxygen atoms in total. The number of rotatable bonds is 18. The number of unbranched alkanes of at least 4 members (excludes halogenated alkanes) is 1. The lowest BCUT2D eigenvalue weighted by Crippen LogP contribution is -2.58. The van der Waals surface area contributed by atoms with E-state index in [1.165, 1.54) is 23.5 Å². The van der Waals surface area contributed by atoms with Gasteiger partial charge in [-0.1, -0.05) is 0 Å². The molecule has 0 saturated heterocycles. The fourth-order valence-electron chi connectivity index (χ4n) is 2.65. The zero-order chi connectivity index (χ0) is 24.5. The van der Waals surface area contributed by atoms with Crippen LogP contribution in [0.2, 0.25) is 0 Å². The highest BCUT2D eigenvalue weighted by Crippen LogP contribution is 2.06. The summed E-state index contributed by atoms with van der Waals surface area (Å²) in [5.74, 6) is -1.97. The first-order chi connectivity index (χ1) is 15.2. The van der Waals surface area contributed by atoms with E-state index < -0.39 is 54.5 Å². The Kier molecular flexibility index (Phi) is 17.1. The number of aliphatic hydroxyl groups is 1. The van der Waals surface area contributed by atoms with E-state index in [0.717, 1.165) is 0 Å². The van der Waals surface area contributed by atoms with E-state index in [1.54, 1.807) is 0 Å². The zero-order valence-electron chi connectivity index (χ0n) is 18.7. The molecule has 0 aliphatic rings. The van der Waals surface area contributed by atoms with Gasteiger partial charge in [0.15, 0.2) is 0 Å². The number of hydrogen-bond donors (Lipinski definition) is 7. The Labute approximate surface area is 197 Å². The van der Waals surface area contributed by atoms with Crippen LogP contribution in [-0.4, -0.2) is 95.2 Å². The molecule has 0 rings (SSSR count). The lowest BCUT2D eigenvalue weighted by Gasteiger charge is -2.24. The van der Waals surface area contributed by atoms with Gasteiger partial charge in [0.25, 0.3) is 0 Å². The summed E-state index contributed by atoms with van der Waals surface area (Å²) in [6.07, 6.45) is 5.73. The van der Waals surface area contributed by atoms with Gasteiger partial charge in [-0.2, -0.15) is 23.5 Å². The molecule has 4 atom stereocenters. The second-order valence-corrected chi connectivity index (χ2v) is 9.13. The predicted molar refractivity (Wildman–Crippen MR) is 127 cm³/mol. The molecule has 0 spiro atoms. The molecule has 0 saturated carbocycles. The average molecular weight is 496 g/mol. The lowest BCUT2D eigenvalue weighted by atomic mass is 10.1. The van der Waals surface area contributed by atoms with Crippen LogP contribution < -0.4 is 27.4 Å². The second-order valence-electron chi connectivity index (χ2n) is 7.16. The molecule has 0 bridgehead atoms. The van der Waals surface area contributed by atoms with Crippen molar-refractivity contribution < 1.29 is 29.4 Å². The highest BCUT2D eigenvalue weighted by molar-refractivity contribution is 7.98. The first-order valence-corrected chi connectivity index (χ1v) is 13.2. The van der Waals surface area contributed by atoms with Crippen molar-refractivity contribution in [1.82, 2.24) is 16.0 Å². The Morgan fingerprint density at radius 2 is 1.34 bits per heavy atom. The van der Waals surface area contributed by atoms with Crippen LogP contribution in [0.1, 0.15) is 32.1 Å². The second kappa shape index (κ2) is 18.0. The van der Waals surface area contributed by atoms with Crippen molar-refractivity contribution in [3.63, 3.8) is 0 Å². The van der Waals surface area contributed by atoms with E-state index in [2.05, 4.69) is 16.0 Å². The topological polar surface area (TPSA) is 197 Å². The number of thioether (sulfide) groups is 2.